The molecule has 0 saturated heterocycles. The molecule has 9 nitrogen and oxygen atoms in total. The van der Waals surface area contributed by atoms with Crippen LogP contribution in [0.15, 0.2) is 58.3 Å². The van der Waals surface area contributed by atoms with Crippen LogP contribution in [0.3, 0.4) is 0 Å². The minimum absolute atomic E-state index is 0.233. The predicted octanol–water partition coefficient (Wildman–Crippen LogP) is 4.57. The van der Waals surface area contributed by atoms with Crippen molar-refractivity contribution < 1.29 is 4.74 Å². The lowest BCUT2D eigenvalue weighted by Gasteiger charge is -2.15. The second-order valence-corrected chi connectivity index (χ2v) is 8.18. The van der Waals surface area contributed by atoms with Gasteiger partial charge in [-0.2, -0.15) is 5.10 Å². The topological polar surface area (TPSA) is 109 Å². The monoisotopic (exact) mass is 473 g/mol. The molecule has 0 spiro atoms. The van der Waals surface area contributed by atoms with E-state index in [1.807, 2.05) is 55.5 Å². The molecule has 0 aliphatic carbocycles. The van der Waals surface area contributed by atoms with Gasteiger partial charge in [0.25, 0.3) is 5.56 Å². The van der Waals surface area contributed by atoms with E-state index in [1.54, 1.807) is 18.8 Å². The number of para-hydroxylation sites is 1. The van der Waals surface area contributed by atoms with Crippen LogP contribution in [-0.4, -0.2) is 39.4 Å². The van der Waals surface area contributed by atoms with Crippen molar-refractivity contribution in [3.05, 3.63) is 64.6 Å². The Labute approximate surface area is 204 Å². The van der Waals surface area contributed by atoms with Crippen molar-refractivity contribution in [2.75, 3.05) is 24.3 Å². The molecule has 2 aromatic heterocycles. The number of nitrogens with zero attached hydrogens (tertiary/aromatic N) is 4. The van der Waals surface area contributed by atoms with Gasteiger partial charge in [-0.1, -0.05) is 38.5 Å². The van der Waals surface area contributed by atoms with Gasteiger partial charge in [0.15, 0.2) is 11.5 Å². The van der Waals surface area contributed by atoms with E-state index in [-0.39, 0.29) is 5.56 Å². The van der Waals surface area contributed by atoms with Gasteiger partial charge < -0.3 is 20.4 Å². The van der Waals surface area contributed by atoms with Gasteiger partial charge in [0.2, 0.25) is 0 Å². The molecule has 4 rings (SSSR count). The highest BCUT2D eigenvalue weighted by Crippen LogP contribution is 2.31. The van der Waals surface area contributed by atoms with Crippen molar-refractivity contribution >= 4 is 28.4 Å². The maximum atomic E-state index is 13.0. The smallest absolute Gasteiger partial charge is 0.277 e. The van der Waals surface area contributed by atoms with Crippen molar-refractivity contribution in [3.8, 4) is 17.1 Å². The zero-order valence-electron chi connectivity index (χ0n) is 20.6. The number of guanidine groups is 1. The first kappa shape index (κ1) is 24.0. The average molecular weight is 474 g/mol. The first-order valence-corrected chi connectivity index (χ1v) is 11.8. The van der Waals surface area contributed by atoms with E-state index in [1.165, 1.54) is 0 Å². The number of hydrogen-bond donors (Lipinski definition) is 3. The van der Waals surface area contributed by atoms with Gasteiger partial charge in [0.05, 0.1) is 17.9 Å². The molecular formula is C26H31N7O2. The molecule has 0 amide bonds. The summed E-state index contributed by atoms with van der Waals surface area (Å²) in [6.45, 7) is 4.68. The minimum atomic E-state index is -0.233. The lowest BCUT2D eigenvalue weighted by molar-refractivity contribution is 0.318. The Morgan fingerprint density at radius 1 is 1.09 bits per heavy atom. The number of nitrogens with one attached hydrogen (secondary N) is 3. The molecule has 0 aliphatic rings. The van der Waals surface area contributed by atoms with Gasteiger partial charge in [0.1, 0.15) is 17.1 Å². The summed E-state index contributed by atoms with van der Waals surface area (Å²) in [5.41, 5.74) is 4.04. The fourth-order valence-corrected chi connectivity index (χ4v) is 3.85. The van der Waals surface area contributed by atoms with Crippen LogP contribution in [-0.2, 0) is 13.5 Å². The van der Waals surface area contributed by atoms with Crippen LogP contribution < -0.4 is 20.9 Å². The fraction of sp³-hybridized carbons (Fsp3) is 0.308. The summed E-state index contributed by atoms with van der Waals surface area (Å²) in [5, 5.41) is 11.1. The highest BCUT2D eigenvalue weighted by Gasteiger charge is 2.18. The Balaban J connectivity index is 1.75. The standard InChI is InChI=1S/C26H31N7O2/c1-5-10-20-22-23(33(4)32-20)25(34)31-24(30-22)19-16-18(13-14-21(19)35-15-6-2)29-26(27-3)28-17-11-8-7-9-12-17/h7-9,11-14,16H,5-6,10,15H2,1-4H3,(H2,27,28,29)(H,30,31,34). The number of H-pyrrole nitrogens is 1. The third-order valence-electron chi connectivity index (χ3n) is 5.47. The van der Waals surface area contributed by atoms with Crippen molar-refractivity contribution in [1.29, 1.82) is 0 Å². The number of aromatic nitrogens is 4. The Morgan fingerprint density at radius 3 is 2.57 bits per heavy atom. The summed E-state index contributed by atoms with van der Waals surface area (Å²) in [6, 6.07) is 15.5. The normalized spacial score (nSPS) is 11.6. The van der Waals surface area contributed by atoms with Crippen LogP contribution in [0.2, 0.25) is 0 Å². The largest absolute Gasteiger partial charge is 0.493 e. The van der Waals surface area contributed by atoms with Crippen molar-refractivity contribution in [2.24, 2.45) is 12.0 Å². The highest BCUT2D eigenvalue weighted by atomic mass is 16.5. The van der Waals surface area contributed by atoms with E-state index in [9.17, 15) is 4.79 Å². The highest BCUT2D eigenvalue weighted by molar-refractivity contribution is 6.03. The lowest BCUT2D eigenvalue weighted by atomic mass is 10.1. The van der Waals surface area contributed by atoms with Crippen LogP contribution in [0.25, 0.3) is 22.4 Å². The molecule has 2 heterocycles. The number of rotatable bonds is 8. The summed E-state index contributed by atoms with van der Waals surface area (Å²) in [4.78, 5) is 25.1. The number of hydrogen-bond acceptors (Lipinski definition) is 5. The van der Waals surface area contributed by atoms with E-state index in [2.05, 4.69) is 32.6 Å². The summed E-state index contributed by atoms with van der Waals surface area (Å²) in [6.07, 6.45) is 2.52. The van der Waals surface area contributed by atoms with Crippen molar-refractivity contribution in [1.82, 2.24) is 19.7 Å². The molecule has 2 aromatic carbocycles. The minimum Gasteiger partial charge on any atom is -0.493 e. The third kappa shape index (κ3) is 5.34. The summed E-state index contributed by atoms with van der Waals surface area (Å²) >= 11 is 0. The predicted molar refractivity (Wildman–Crippen MR) is 141 cm³/mol. The number of benzene rings is 2. The van der Waals surface area contributed by atoms with E-state index in [0.29, 0.717) is 40.7 Å². The van der Waals surface area contributed by atoms with Crippen LogP contribution in [0.5, 0.6) is 5.75 Å². The number of aliphatic imine (C=N–C) groups is 1. The molecule has 35 heavy (non-hydrogen) atoms. The lowest BCUT2D eigenvalue weighted by Crippen LogP contribution is -2.22. The second-order valence-electron chi connectivity index (χ2n) is 8.18. The average Bonchev–Trinajstić information content (AvgIpc) is 3.19. The zero-order valence-corrected chi connectivity index (χ0v) is 20.6. The summed E-state index contributed by atoms with van der Waals surface area (Å²) in [5.74, 6) is 1.67. The van der Waals surface area contributed by atoms with Crippen molar-refractivity contribution in [3.63, 3.8) is 0 Å². The molecule has 3 N–H and O–H groups in total. The first-order chi connectivity index (χ1) is 17.0. The van der Waals surface area contributed by atoms with Crippen LogP contribution >= 0.6 is 0 Å². The van der Waals surface area contributed by atoms with Gasteiger partial charge in [-0.15, -0.1) is 0 Å². The first-order valence-electron chi connectivity index (χ1n) is 11.8. The molecule has 4 aromatic rings. The molecule has 182 valence electrons. The van der Waals surface area contributed by atoms with Crippen LogP contribution in [0.1, 0.15) is 32.4 Å². The maximum absolute atomic E-state index is 13.0. The van der Waals surface area contributed by atoms with E-state index in [4.69, 9.17) is 9.72 Å². The number of ether oxygens (including phenoxy) is 1. The molecule has 0 fully saturated rings. The summed E-state index contributed by atoms with van der Waals surface area (Å²) < 4.78 is 7.60. The van der Waals surface area contributed by atoms with E-state index >= 15 is 0 Å². The van der Waals surface area contributed by atoms with Gasteiger partial charge in [0, 0.05) is 25.5 Å². The van der Waals surface area contributed by atoms with Crippen LogP contribution in [0.4, 0.5) is 11.4 Å². The van der Waals surface area contributed by atoms with Gasteiger partial charge in [-0.3, -0.25) is 14.5 Å². The molecular weight excluding hydrogens is 442 g/mol. The summed E-state index contributed by atoms with van der Waals surface area (Å²) in [7, 11) is 3.48. The fourth-order valence-electron chi connectivity index (χ4n) is 3.85. The van der Waals surface area contributed by atoms with Gasteiger partial charge >= 0.3 is 0 Å². The molecule has 0 bridgehead atoms. The van der Waals surface area contributed by atoms with E-state index < -0.39 is 0 Å². The van der Waals surface area contributed by atoms with Gasteiger partial charge in [-0.05, 0) is 43.2 Å². The Bertz CT molecular complexity index is 1390. The van der Waals surface area contributed by atoms with Gasteiger partial charge in [-0.25, -0.2) is 4.98 Å². The Morgan fingerprint density at radius 2 is 1.86 bits per heavy atom. The number of anilines is 2. The maximum Gasteiger partial charge on any atom is 0.277 e. The SMILES string of the molecule is CCCOc1ccc(NC(=NC)Nc2ccccc2)cc1-c1nc2c(CCC)nn(C)c2c(=O)[nH]1. The molecule has 0 saturated carbocycles. The Hall–Kier alpha value is -4.14. The quantitative estimate of drug-likeness (QED) is 0.255. The molecule has 0 aliphatic heterocycles. The number of aryl methyl sites for hydroxylation is 2. The number of aromatic amines is 1. The Kier molecular flexibility index (Phi) is 7.45. The molecule has 0 atom stereocenters. The molecule has 0 radical (unpaired) electrons. The zero-order chi connectivity index (χ0) is 24.8. The third-order valence-corrected chi connectivity index (χ3v) is 5.47. The second kappa shape index (κ2) is 10.9. The molecule has 9 heteroatoms. The van der Waals surface area contributed by atoms with Crippen molar-refractivity contribution in [2.45, 2.75) is 33.1 Å². The van der Waals surface area contributed by atoms with Crippen LogP contribution in [0, 0.1) is 0 Å². The number of fused-ring (bicyclic) bond motifs is 1. The molecule has 0 unspecified atom stereocenters. The van der Waals surface area contributed by atoms with E-state index in [0.717, 1.165) is 36.3 Å².